The summed E-state index contributed by atoms with van der Waals surface area (Å²) in [5.74, 6) is -2.36. The van der Waals surface area contributed by atoms with Crippen LogP contribution in [0.15, 0.2) is 0 Å². The number of alkyl halides is 3. The van der Waals surface area contributed by atoms with E-state index in [1.165, 1.54) is 0 Å². The van der Waals surface area contributed by atoms with Crippen molar-refractivity contribution in [1.29, 1.82) is 0 Å². The molecule has 5 nitrogen and oxygen atoms in total. The van der Waals surface area contributed by atoms with Crippen molar-refractivity contribution >= 4 is 11.9 Å². The largest absolute Gasteiger partial charge is 0.446 e. The Balaban J connectivity index is 1.49. The predicted molar refractivity (Wildman–Crippen MR) is 80.2 cm³/mol. The van der Waals surface area contributed by atoms with Crippen LogP contribution in [0.5, 0.6) is 0 Å². The zero-order chi connectivity index (χ0) is 17.1. The number of ether oxygens (including phenoxy) is 1. The molecule has 1 heterocycles. The molecule has 0 aromatic carbocycles. The van der Waals surface area contributed by atoms with Gasteiger partial charge in [0.1, 0.15) is 18.1 Å². The Kier molecular flexibility index (Phi) is 3.54. The highest BCUT2D eigenvalue weighted by Gasteiger charge is 2.48. The van der Waals surface area contributed by atoms with Crippen molar-refractivity contribution in [3.05, 3.63) is 11.3 Å². The molecule has 8 heteroatoms. The van der Waals surface area contributed by atoms with E-state index in [1.807, 2.05) is 0 Å². The first-order valence-corrected chi connectivity index (χ1v) is 8.41. The van der Waals surface area contributed by atoms with Gasteiger partial charge >= 0.3 is 6.09 Å². The Labute approximate surface area is 137 Å². The van der Waals surface area contributed by atoms with Crippen LogP contribution < -0.4 is 5.32 Å². The average Bonchev–Trinajstić information content (AvgIpc) is 3.22. The van der Waals surface area contributed by atoms with Crippen LogP contribution in [0.1, 0.15) is 61.7 Å². The number of carbonyl (C=O) groups excluding carboxylic acids is 1. The lowest BCUT2D eigenvalue weighted by Crippen LogP contribution is -2.36. The van der Waals surface area contributed by atoms with Gasteiger partial charge in [0.25, 0.3) is 0 Å². The van der Waals surface area contributed by atoms with E-state index >= 15 is 0 Å². The van der Waals surface area contributed by atoms with Crippen molar-refractivity contribution in [2.45, 2.75) is 75.6 Å². The molecule has 0 bridgehead atoms. The number of hydrogen-bond acceptors (Lipinski definition) is 3. The highest BCUT2D eigenvalue weighted by molar-refractivity contribution is 5.85. The molecule has 1 aromatic heterocycles. The van der Waals surface area contributed by atoms with Crippen LogP contribution in [-0.2, 0) is 4.74 Å². The summed E-state index contributed by atoms with van der Waals surface area (Å²) in [6.07, 6.45) is 0.0684. The van der Waals surface area contributed by atoms with Crippen LogP contribution in [0, 0.1) is 6.92 Å². The molecule has 0 spiro atoms. The minimum absolute atomic E-state index is 0.195. The van der Waals surface area contributed by atoms with E-state index in [1.54, 1.807) is 11.6 Å². The third kappa shape index (κ3) is 2.86. The first kappa shape index (κ1) is 15.8. The number of amides is 1. The molecule has 4 rings (SSSR count). The van der Waals surface area contributed by atoms with Crippen LogP contribution in [0.25, 0.3) is 0 Å². The average molecular weight is 343 g/mol. The number of nitrogens with zero attached hydrogens (tertiary/aromatic N) is 2. The minimum Gasteiger partial charge on any atom is -0.446 e. The molecule has 24 heavy (non-hydrogen) atoms. The van der Waals surface area contributed by atoms with Crippen molar-refractivity contribution in [3.63, 3.8) is 0 Å². The van der Waals surface area contributed by atoms with Crippen molar-refractivity contribution in [2.75, 3.05) is 5.32 Å². The summed E-state index contributed by atoms with van der Waals surface area (Å²) < 4.78 is 46.0. The lowest BCUT2D eigenvalue weighted by atomic mass is 9.78. The van der Waals surface area contributed by atoms with Gasteiger partial charge in [-0.25, -0.2) is 22.6 Å². The molecule has 0 radical (unpaired) electrons. The van der Waals surface area contributed by atoms with E-state index in [2.05, 4.69) is 10.4 Å². The maximum Gasteiger partial charge on any atom is 0.413 e. The molecule has 3 aliphatic rings. The monoisotopic (exact) mass is 343 g/mol. The van der Waals surface area contributed by atoms with E-state index in [4.69, 9.17) is 4.74 Å². The highest BCUT2D eigenvalue weighted by Crippen LogP contribution is 2.50. The summed E-state index contributed by atoms with van der Waals surface area (Å²) >= 11 is 0. The SMILES string of the molecule is Cc1c(C2CC(F)(F)C2)nn(C2CC2)c1NC(=O)O[C@H]1C[C@@H](F)C1. The maximum absolute atomic E-state index is 13.2. The zero-order valence-electron chi connectivity index (χ0n) is 13.4. The van der Waals surface area contributed by atoms with Gasteiger partial charge in [0.15, 0.2) is 0 Å². The highest BCUT2D eigenvalue weighted by atomic mass is 19.3. The molecule has 1 N–H and O–H groups in total. The van der Waals surface area contributed by atoms with Gasteiger partial charge in [0.05, 0.1) is 11.7 Å². The van der Waals surface area contributed by atoms with Crippen LogP contribution in [0.4, 0.5) is 23.8 Å². The van der Waals surface area contributed by atoms with Crippen LogP contribution in [-0.4, -0.2) is 34.1 Å². The number of hydrogen-bond donors (Lipinski definition) is 1. The summed E-state index contributed by atoms with van der Waals surface area (Å²) in [6, 6.07) is 0.201. The topological polar surface area (TPSA) is 56.2 Å². The van der Waals surface area contributed by atoms with Gasteiger partial charge in [0, 0.05) is 37.2 Å². The van der Waals surface area contributed by atoms with Gasteiger partial charge in [-0.2, -0.15) is 5.10 Å². The second-order valence-corrected chi connectivity index (χ2v) is 7.22. The fourth-order valence-electron chi connectivity index (χ4n) is 3.39. The van der Waals surface area contributed by atoms with Crippen LogP contribution in [0.3, 0.4) is 0 Å². The molecular weight excluding hydrogens is 323 g/mol. The maximum atomic E-state index is 13.2. The normalized spacial score (nSPS) is 28.8. The number of aromatic nitrogens is 2. The Bertz CT molecular complexity index is 658. The zero-order valence-corrected chi connectivity index (χ0v) is 13.4. The van der Waals surface area contributed by atoms with Crippen molar-refractivity contribution < 1.29 is 22.7 Å². The van der Waals surface area contributed by atoms with Crippen molar-refractivity contribution in [2.24, 2.45) is 0 Å². The Morgan fingerprint density at radius 3 is 2.54 bits per heavy atom. The summed E-state index contributed by atoms with van der Waals surface area (Å²) in [6.45, 7) is 1.79. The second kappa shape index (κ2) is 5.39. The molecule has 0 saturated heterocycles. The fourth-order valence-corrected chi connectivity index (χ4v) is 3.39. The molecule has 3 fully saturated rings. The van der Waals surface area contributed by atoms with Gasteiger partial charge in [-0.3, -0.25) is 5.32 Å². The molecule has 1 aromatic rings. The van der Waals surface area contributed by atoms with E-state index < -0.39 is 18.2 Å². The molecule has 132 valence electrons. The number of halogens is 3. The summed E-state index contributed by atoms with van der Waals surface area (Å²) in [5.41, 5.74) is 1.35. The first-order valence-electron chi connectivity index (χ1n) is 8.41. The Hall–Kier alpha value is -1.73. The van der Waals surface area contributed by atoms with Gasteiger partial charge in [0.2, 0.25) is 5.92 Å². The van der Waals surface area contributed by atoms with Gasteiger partial charge in [-0.05, 0) is 19.8 Å². The quantitative estimate of drug-likeness (QED) is 0.896. The standard InChI is InChI=1S/C16H20F3N3O2/c1-8-13(9-6-16(18,19)7-9)21-22(11-2-3-11)14(8)20-15(23)24-12-4-10(17)5-12/h9-12H,2-7H2,1H3,(H,20,23)/t10-,12+. The first-order chi connectivity index (χ1) is 11.3. The van der Waals surface area contributed by atoms with Crippen molar-refractivity contribution in [1.82, 2.24) is 9.78 Å². The Morgan fingerprint density at radius 1 is 1.33 bits per heavy atom. The molecule has 0 aliphatic heterocycles. The smallest absolute Gasteiger partial charge is 0.413 e. The third-order valence-corrected chi connectivity index (χ3v) is 5.08. The van der Waals surface area contributed by atoms with Gasteiger partial charge in [-0.15, -0.1) is 0 Å². The van der Waals surface area contributed by atoms with E-state index in [9.17, 15) is 18.0 Å². The molecular formula is C16H20F3N3O2. The second-order valence-electron chi connectivity index (χ2n) is 7.22. The van der Waals surface area contributed by atoms with Gasteiger partial charge in [-0.1, -0.05) is 0 Å². The minimum atomic E-state index is -2.61. The summed E-state index contributed by atoms with van der Waals surface area (Å²) in [4.78, 5) is 12.0. The number of carbonyl (C=O) groups is 1. The van der Waals surface area contributed by atoms with Crippen LogP contribution >= 0.6 is 0 Å². The van der Waals surface area contributed by atoms with E-state index in [0.717, 1.165) is 18.4 Å². The third-order valence-electron chi connectivity index (χ3n) is 5.08. The van der Waals surface area contributed by atoms with Crippen molar-refractivity contribution in [3.8, 4) is 0 Å². The molecule has 0 unspecified atom stereocenters. The van der Waals surface area contributed by atoms with E-state index in [0.29, 0.717) is 11.5 Å². The fraction of sp³-hybridized carbons (Fsp3) is 0.750. The number of rotatable bonds is 4. The summed E-state index contributed by atoms with van der Waals surface area (Å²) in [5, 5.41) is 7.18. The van der Waals surface area contributed by atoms with Gasteiger partial charge < -0.3 is 4.74 Å². The summed E-state index contributed by atoms with van der Waals surface area (Å²) in [7, 11) is 0. The number of anilines is 1. The Morgan fingerprint density at radius 2 is 2.00 bits per heavy atom. The van der Waals surface area contributed by atoms with Crippen LogP contribution in [0.2, 0.25) is 0 Å². The molecule has 1 amide bonds. The lowest BCUT2D eigenvalue weighted by Gasteiger charge is -2.34. The number of nitrogens with one attached hydrogen (secondary N) is 1. The lowest BCUT2D eigenvalue weighted by molar-refractivity contribution is -0.0878. The molecule has 0 atom stereocenters. The molecule has 3 saturated carbocycles. The predicted octanol–water partition coefficient (Wildman–Crippen LogP) is 4.09. The molecule has 3 aliphatic carbocycles. The van der Waals surface area contributed by atoms with E-state index in [-0.39, 0.29) is 43.7 Å².